The molecular weight excluding hydrogens is 222 g/mol. The number of hydrogen-bond acceptors (Lipinski definition) is 2. The number of nitrogens with zero attached hydrogens (tertiary/aromatic N) is 1. The summed E-state index contributed by atoms with van der Waals surface area (Å²) in [5, 5.41) is 0. The molecule has 0 spiro atoms. The van der Waals surface area contributed by atoms with Crippen molar-refractivity contribution in [3.8, 4) is 0 Å². The Morgan fingerprint density at radius 3 is 2.78 bits per heavy atom. The summed E-state index contributed by atoms with van der Waals surface area (Å²) >= 11 is 0. The SMILES string of the molecule is CC(C)N1CCC[C@H]1CCOCc1ccccc1. The van der Waals surface area contributed by atoms with E-state index in [-0.39, 0.29) is 0 Å². The first-order valence-corrected chi connectivity index (χ1v) is 7.15. The van der Waals surface area contributed by atoms with E-state index < -0.39 is 0 Å². The molecule has 100 valence electrons. The highest BCUT2D eigenvalue weighted by Gasteiger charge is 2.25. The van der Waals surface area contributed by atoms with Gasteiger partial charge in [-0.25, -0.2) is 0 Å². The highest BCUT2D eigenvalue weighted by Crippen LogP contribution is 2.22. The quantitative estimate of drug-likeness (QED) is 0.714. The van der Waals surface area contributed by atoms with Gasteiger partial charge in [0.15, 0.2) is 0 Å². The van der Waals surface area contributed by atoms with Crippen molar-refractivity contribution in [3.05, 3.63) is 35.9 Å². The first kappa shape index (κ1) is 13.6. The van der Waals surface area contributed by atoms with E-state index in [0.29, 0.717) is 6.04 Å². The van der Waals surface area contributed by atoms with Crippen molar-refractivity contribution in [1.29, 1.82) is 0 Å². The van der Waals surface area contributed by atoms with E-state index in [2.05, 4.69) is 43.0 Å². The molecule has 2 heteroatoms. The zero-order chi connectivity index (χ0) is 12.8. The molecule has 1 saturated heterocycles. The molecule has 2 rings (SSSR count). The lowest BCUT2D eigenvalue weighted by Crippen LogP contribution is -2.36. The van der Waals surface area contributed by atoms with Crippen LogP contribution in [0.2, 0.25) is 0 Å². The van der Waals surface area contributed by atoms with Crippen LogP contribution in [0.5, 0.6) is 0 Å². The Morgan fingerprint density at radius 2 is 2.06 bits per heavy atom. The third-order valence-electron chi connectivity index (χ3n) is 3.79. The molecule has 0 unspecified atom stereocenters. The molecule has 1 aromatic carbocycles. The standard InChI is InChI=1S/C16H25NO/c1-14(2)17-11-6-9-16(17)10-12-18-13-15-7-4-3-5-8-15/h3-5,7-8,14,16H,6,9-13H2,1-2H3/t16-/m0/s1. The van der Waals surface area contributed by atoms with Crippen molar-refractivity contribution in [2.45, 2.75) is 51.8 Å². The highest BCUT2D eigenvalue weighted by atomic mass is 16.5. The van der Waals surface area contributed by atoms with Crippen LogP contribution in [0.1, 0.15) is 38.7 Å². The molecule has 0 N–H and O–H groups in total. The normalized spacial score (nSPS) is 20.7. The Bertz CT molecular complexity index is 336. The van der Waals surface area contributed by atoms with Gasteiger partial charge in [0.2, 0.25) is 0 Å². The molecule has 2 nitrogen and oxygen atoms in total. The largest absolute Gasteiger partial charge is 0.377 e. The zero-order valence-electron chi connectivity index (χ0n) is 11.6. The minimum Gasteiger partial charge on any atom is -0.377 e. The summed E-state index contributed by atoms with van der Waals surface area (Å²) in [6.07, 6.45) is 3.86. The molecule has 1 fully saturated rings. The minimum absolute atomic E-state index is 0.673. The van der Waals surface area contributed by atoms with E-state index in [4.69, 9.17) is 4.74 Å². The van der Waals surface area contributed by atoms with Crippen LogP contribution in [0.3, 0.4) is 0 Å². The smallest absolute Gasteiger partial charge is 0.0716 e. The molecule has 0 aliphatic carbocycles. The van der Waals surface area contributed by atoms with Crippen molar-refractivity contribution >= 4 is 0 Å². The second kappa shape index (κ2) is 6.91. The number of rotatable bonds is 6. The predicted octanol–water partition coefficient (Wildman–Crippen LogP) is 3.47. The monoisotopic (exact) mass is 247 g/mol. The molecule has 0 bridgehead atoms. The van der Waals surface area contributed by atoms with Gasteiger partial charge in [-0.05, 0) is 45.2 Å². The molecule has 1 heterocycles. The molecule has 1 aliphatic heterocycles. The zero-order valence-corrected chi connectivity index (χ0v) is 11.6. The summed E-state index contributed by atoms with van der Waals surface area (Å²) < 4.78 is 5.78. The van der Waals surface area contributed by atoms with Gasteiger partial charge in [0.25, 0.3) is 0 Å². The van der Waals surface area contributed by atoms with Gasteiger partial charge in [-0.15, -0.1) is 0 Å². The maximum absolute atomic E-state index is 5.78. The van der Waals surface area contributed by atoms with Crippen LogP contribution < -0.4 is 0 Å². The first-order chi connectivity index (χ1) is 8.77. The molecule has 0 aromatic heterocycles. The summed E-state index contributed by atoms with van der Waals surface area (Å²) in [7, 11) is 0. The lowest BCUT2D eigenvalue weighted by molar-refractivity contribution is 0.0907. The summed E-state index contributed by atoms with van der Waals surface area (Å²) in [6.45, 7) is 7.48. The Morgan fingerprint density at radius 1 is 1.28 bits per heavy atom. The molecule has 0 radical (unpaired) electrons. The average Bonchev–Trinajstić information content (AvgIpc) is 2.84. The summed E-state index contributed by atoms with van der Waals surface area (Å²) in [4.78, 5) is 2.62. The van der Waals surface area contributed by atoms with Gasteiger partial charge < -0.3 is 4.74 Å². The lowest BCUT2D eigenvalue weighted by atomic mass is 10.1. The van der Waals surface area contributed by atoms with Crippen LogP contribution in [0.15, 0.2) is 30.3 Å². The Kier molecular flexibility index (Phi) is 5.21. The van der Waals surface area contributed by atoms with Crippen LogP contribution in [-0.4, -0.2) is 30.1 Å². The number of likely N-dealkylation sites (tertiary alicyclic amines) is 1. The van der Waals surface area contributed by atoms with E-state index in [0.717, 1.165) is 19.3 Å². The van der Waals surface area contributed by atoms with Gasteiger partial charge in [-0.3, -0.25) is 4.90 Å². The minimum atomic E-state index is 0.673. The Labute approximate surface area is 111 Å². The van der Waals surface area contributed by atoms with Crippen molar-refractivity contribution in [3.63, 3.8) is 0 Å². The second-order valence-corrected chi connectivity index (χ2v) is 5.45. The third-order valence-corrected chi connectivity index (χ3v) is 3.79. The van der Waals surface area contributed by atoms with Gasteiger partial charge in [0.1, 0.15) is 0 Å². The highest BCUT2D eigenvalue weighted by molar-refractivity contribution is 5.13. The van der Waals surface area contributed by atoms with E-state index in [1.807, 2.05) is 6.07 Å². The molecule has 0 saturated carbocycles. The predicted molar refractivity (Wildman–Crippen MR) is 75.6 cm³/mol. The fourth-order valence-corrected chi connectivity index (χ4v) is 2.83. The summed E-state index contributed by atoms with van der Waals surface area (Å²) in [6, 6.07) is 11.8. The van der Waals surface area contributed by atoms with Crippen LogP contribution in [0, 0.1) is 0 Å². The van der Waals surface area contributed by atoms with Gasteiger partial charge in [-0.1, -0.05) is 30.3 Å². The maximum Gasteiger partial charge on any atom is 0.0716 e. The fourth-order valence-electron chi connectivity index (χ4n) is 2.83. The van der Waals surface area contributed by atoms with Crippen LogP contribution >= 0.6 is 0 Å². The average molecular weight is 247 g/mol. The molecule has 1 aliphatic rings. The van der Waals surface area contributed by atoms with Crippen LogP contribution in [0.25, 0.3) is 0 Å². The van der Waals surface area contributed by atoms with Crippen molar-refractivity contribution < 1.29 is 4.74 Å². The van der Waals surface area contributed by atoms with Crippen molar-refractivity contribution in [2.75, 3.05) is 13.2 Å². The number of benzene rings is 1. The maximum atomic E-state index is 5.78. The van der Waals surface area contributed by atoms with E-state index in [9.17, 15) is 0 Å². The van der Waals surface area contributed by atoms with Gasteiger partial charge in [0.05, 0.1) is 6.61 Å². The van der Waals surface area contributed by atoms with Crippen LogP contribution in [0.4, 0.5) is 0 Å². The lowest BCUT2D eigenvalue weighted by Gasteiger charge is -2.28. The number of hydrogen-bond donors (Lipinski definition) is 0. The first-order valence-electron chi connectivity index (χ1n) is 7.15. The van der Waals surface area contributed by atoms with Gasteiger partial charge in [0, 0.05) is 18.7 Å². The molecular formula is C16H25NO. The Balaban J connectivity index is 1.66. The van der Waals surface area contributed by atoms with Gasteiger partial charge >= 0.3 is 0 Å². The summed E-state index contributed by atoms with van der Waals surface area (Å²) in [5.41, 5.74) is 1.27. The molecule has 1 aromatic rings. The van der Waals surface area contributed by atoms with Gasteiger partial charge in [-0.2, -0.15) is 0 Å². The topological polar surface area (TPSA) is 12.5 Å². The van der Waals surface area contributed by atoms with E-state index in [1.165, 1.54) is 31.4 Å². The summed E-state index contributed by atoms with van der Waals surface area (Å²) in [5.74, 6) is 0. The van der Waals surface area contributed by atoms with Crippen molar-refractivity contribution in [2.24, 2.45) is 0 Å². The third kappa shape index (κ3) is 3.82. The second-order valence-electron chi connectivity index (χ2n) is 5.45. The number of ether oxygens (including phenoxy) is 1. The van der Waals surface area contributed by atoms with E-state index in [1.54, 1.807) is 0 Å². The fraction of sp³-hybridized carbons (Fsp3) is 0.625. The van der Waals surface area contributed by atoms with E-state index >= 15 is 0 Å². The van der Waals surface area contributed by atoms with Crippen LogP contribution in [-0.2, 0) is 11.3 Å². The molecule has 18 heavy (non-hydrogen) atoms. The van der Waals surface area contributed by atoms with Crippen molar-refractivity contribution in [1.82, 2.24) is 4.90 Å². The molecule has 0 amide bonds. The molecule has 1 atom stereocenters. The Hall–Kier alpha value is -0.860.